The lowest BCUT2D eigenvalue weighted by Gasteiger charge is -2.10. The van der Waals surface area contributed by atoms with Gasteiger partial charge in [0.25, 0.3) is 0 Å². The molecule has 4 heteroatoms. The van der Waals surface area contributed by atoms with E-state index in [-0.39, 0.29) is 0 Å². The van der Waals surface area contributed by atoms with Crippen LogP contribution in [0.5, 0.6) is 11.5 Å². The van der Waals surface area contributed by atoms with Gasteiger partial charge in [0.2, 0.25) is 0 Å². The zero-order valence-corrected chi connectivity index (χ0v) is 11.6. The Labute approximate surface area is 123 Å². The molecule has 2 aromatic carbocycles. The molecule has 0 spiro atoms. The maximum absolute atomic E-state index is 5.83. The van der Waals surface area contributed by atoms with E-state index in [1.165, 1.54) is 0 Å². The van der Waals surface area contributed by atoms with Crippen molar-refractivity contribution in [3.63, 3.8) is 0 Å². The van der Waals surface area contributed by atoms with Gasteiger partial charge in [0.1, 0.15) is 11.5 Å². The molecule has 0 aliphatic heterocycles. The molecule has 0 unspecified atom stereocenters. The van der Waals surface area contributed by atoms with E-state index in [9.17, 15) is 0 Å². The molecule has 106 valence electrons. The van der Waals surface area contributed by atoms with Gasteiger partial charge in [-0.25, -0.2) is 0 Å². The van der Waals surface area contributed by atoms with Gasteiger partial charge in [-0.3, -0.25) is 4.98 Å². The molecule has 0 saturated carbocycles. The van der Waals surface area contributed by atoms with Crippen LogP contribution in [-0.2, 0) is 0 Å². The first-order valence-corrected chi connectivity index (χ1v) is 6.92. The number of nitrogens with zero attached hydrogens (tertiary/aromatic N) is 1. The number of para-hydroxylation sites is 1. The fourth-order valence-corrected chi connectivity index (χ4v) is 2.18. The molecule has 0 aliphatic rings. The van der Waals surface area contributed by atoms with Crippen molar-refractivity contribution in [1.29, 1.82) is 0 Å². The lowest BCUT2D eigenvalue weighted by Crippen LogP contribution is -2.13. The van der Waals surface area contributed by atoms with E-state index < -0.39 is 0 Å². The largest absolute Gasteiger partial charge is 0.457 e. The Morgan fingerprint density at radius 2 is 1.86 bits per heavy atom. The van der Waals surface area contributed by atoms with Crippen molar-refractivity contribution in [3.8, 4) is 11.5 Å². The molecule has 1 heterocycles. The molecule has 3 N–H and O–H groups in total. The number of hydrogen-bond acceptors (Lipinski definition) is 4. The minimum Gasteiger partial charge on any atom is -0.457 e. The lowest BCUT2D eigenvalue weighted by atomic mass is 10.2. The third-order valence-electron chi connectivity index (χ3n) is 3.15. The molecule has 0 atom stereocenters. The van der Waals surface area contributed by atoms with Crippen LogP contribution in [0.25, 0.3) is 10.9 Å². The number of aromatic nitrogens is 1. The number of rotatable bonds is 5. The summed E-state index contributed by atoms with van der Waals surface area (Å²) in [5.41, 5.74) is 7.46. The monoisotopic (exact) mass is 279 g/mol. The molecule has 1 aromatic heterocycles. The molecule has 3 rings (SSSR count). The number of anilines is 1. The van der Waals surface area contributed by atoms with Crippen LogP contribution in [0.3, 0.4) is 0 Å². The molecule has 0 saturated heterocycles. The van der Waals surface area contributed by atoms with Gasteiger partial charge in [0.15, 0.2) is 0 Å². The van der Waals surface area contributed by atoms with Crippen LogP contribution in [-0.4, -0.2) is 18.1 Å². The van der Waals surface area contributed by atoms with E-state index in [2.05, 4.69) is 10.3 Å². The van der Waals surface area contributed by atoms with Crippen molar-refractivity contribution in [2.45, 2.75) is 0 Å². The van der Waals surface area contributed by atoms with E-state index in [1.54, 1.807) is 6.20 Å². The van der Waals surface area contributed by atoms with Gasteiger partial charge in [-0.2, -0.15) is 0 Å². The van der Waals surface area contributed by atoms with E-state index in [1.807, 2.05) is 54.6 Å². The molecule has 0 aliphatic carbocycles. The molecule has 21 heavy (non-hydrogen) atoms. The Bertz CT molecular complexity index is 728. The van der Waals surface area contributed by atoms with Gasteiger partial charge >= 0.3 is 0 Å². The highest BCUT2D eigenvalue weighted by atomic mass is 16.5. The first-order valence-electron chi connectivity index (χ1n) is 6.92. The van der Waals surface area contributed by atoms with Crippen LogP contribution < -0.4 is 15.8 Å². The second kappa shape index (κ2) is 6.24. The molecule has 0 radical (unpaired) electrons. The van der Waals surface area contributed by atoms with E-state index in [4.69, 9.17) is 10.5 Å². The highest BCUT2D eigenvalue weighted by Gasteiger charge is 2.04. The van der Waals surface area contributed by atoms with Crippen LogP contribution >= 0.6 is 0 Å². The summed E-state index contributed by atoms with van der Waals surface area (Å²) in [7, 11) is 0. The lowest BCUT2D eigenvalue weighted by molar-refractivity contribution is 0.483. The molecule has 0 amide bonds. The fraction of sp³-hybridized carbons (Fsp3) is 0.118. The van der Waals surface area contributed by atoms with Gasteiger partial charge in [-0.1, -0.05) is 18.2 Å². The second-order valence-electron chi connectivity index (χ2n) is 4.67. The Hall–Kier alpha value is -2.59. The van der Waals surface area contributed by atoms with Gasteiger partial charge in [0, 0.05) is 36.4 Å². The van der Waals surface area contributed by atoms with Crippen LogP contribution in [0.2, 0.25) is 0 Å². The number of nitrogens with two attached hydrogens (primary N) is 1. The zero-order valence-electron chi connectivity index (χ0n) is 11.6. The normalized spacial score (nSPS) is 10.5. The minimum atomic E-state index is 0.596. The average molecular weight is 279 g/mol. The second-order valence-corrected chi connectivity index (χ2v) is 4.67. The third kappa shape index (κ3) is 3.12. The number of nitrogens with one attached hydrogen (secondary N) is 1. The smallest absolute Gasteiger partial charge is 0.129 e. The topological polar surface area (TPSA) is 60.2 Å². The van der Waals surface area contributed by atoms with Crippen molar-refractivity contribution in [3.05, 3.63) is 60.8 Å². The molecular formula is C17H17N3O. The molecule has 3 aromatic rings. The summed E-state index contributed by atoms with van der Waals surface area (Å²) in [6.45, 7) is 1.33. The predicted molar refractivity (Wildman–Crippen MR) is 85.8 cm³/mol. The number of hydrogen-bond donors (Lipinski definition) is 2. The number of ether oxygens (including phenoxy) is 1. The van der Waals surface area contributed by atoms with Crippen LogP contribution in [0.4, 0.5) is 5.69 Å². The zero-order chi connectivity index (χ0) is 14.5. The molecule has 4 nitrogen and oxygen atoms in total. The van der Waals surface area contributed by atoms with E-state index in [0.717, 1.165) is 34.6 Å². The maximum atomic E-state index is 5.83. The van der Waals surface area contributed by atoms with Crippen molar-refractivity contribution in [2.75, 3.05) is 18.4 Å². The van der Waals surface area contributed by atoms with Crippen molar-refractivity contribution in [1.82, 2.24) is 4.98 Å². The number of pyridine rings is 1. The highest BCUT2D eigenvalue weighted by molar-refractivity contribution is 5.91. The summed E-state index contributed by atoms with van der Waals surface area (Å²) >= 11 is 0. The van der Waals surface area contributed by atoms with Gasteiger partial charge in [-0.15, -0.1) is 0 Å². The van der Waals surface area contributed by atoms with Crippen molar-refractivity contribution < 1.29 is 4.74 Å². The SMILES string of the molecule is NCCNc1ccnc2cc(Oc3ccccc3)ccc12. The van der Waals surface area contributed by atoms with Crippen LogP contribution in [0, 0.1) is 0 Å². The van der Waals surface area contributed by atoms with Gasteiger partial charge in [-0.05, 0) is 30.3 Å². The first kappa shape index (κ1) is 13.4. The highest BCUT2D eigenvalue weighted by Crippen LogP contribution is 2.28. The Kier molecular flexibility index (Phi) is 3.98. The number of benzene rings is 2. The molecule has 0 fully saturated rings. The Morgan fingerprint density at radius 3 is 2.67 bits per heavy atom. The van der Waals surface area contributed by atoms with Gasteiger partial charge < -0.3 is 15.8 Å². The Morgan fingerprint density at radius 1 is 1.00 bits per heavy atom. The van der Waals surface area contributed by atoms with Crippen molar-refractivity contribution in [2.24, 2.45) is 5.73 Å². The summed E-state index contributed by atoms with van der Waals surface area (Å²) in [5.74, 6) is 1.59. The predicted octanol–water partition coefficient (Wildman–Crippen LogP) is 3.40. The quantitative estimate of drug-likeness (QED) is 0.751. The summed E-state index contributed by atoms with van der Waals surface area (Å²) in [6.07, 6.45) is 1.79. The van der Waals surface area contributed by atoms with Gasteiger partial charge in [0.05, 0.1) is 5.52 Å². The van der Waals surface area contributed by atoms with Crippen molar-refractivity contribution >= 4 is 16.6 Å². The maximum Gasteiger partial charge on any atom is 0.129 e. The standard InChI is InChI=1S/C17H17N3O/c18-9-11-20-16-8-10-19-17-12-14(6-7-15(16)17)21-13-4-2-1-3-5-13/h1-8,10,12H,9,11,18H2,(H,19,20). The number of fused-ring (bicyclic) bond motifs is 1. The minimum absolute atomic E-state index is 0.596. The summed E-state index contributed by atoms with van der Waals surface area (Å²) in [6, 6.07) is 17.6. The summed E-state index contributed by atoms with van der Waals surface area (Å²) < 4.78 is 5.83. The molecule has 0 bridgehead atoms. The van der Waals surface area contributed by atoms with Crippen LogP contribution in [0.15, 0.2) is 60.8 Å². The van der Waals surface area contributed by atoms with E-state index >= 15 is 0 Å². The Balaban J connectivity index is 1.90. The summed E-state index contributed by atoms with van der Waals surface area (Å²) in [5, 5.41) is 4.36. The average Bonchev–Trinajstić information content (AvgIpc) is 2.53. The first-order chi connectivity index (χ1) is 10.4. The van der Waals surface area contributed by atoms with Crippen LogP contribution in [0.1, 0.15) is 0 Å². The fourth-order valence-electron chi connectivity index (χ4n) is 2.18. The molecular weight excluding hydrogens is 262 g/mol. The van der Waals surface area contributed by atoms with E-state index in [0.29, 0.717) is 6.54 Å². The third-order valence-corrected chi connectivity index (χ3v) is 3.15. The summed E-state index contributed by atoms with van der Waals surface area (Å²) in [4.78, 5) is 4.40.